The molecule has 0 fully saturated rings. The van der Waals surface area contributed by atoms with E-state index in [0.717, 1.165) is 5.56 Å². The van der Waals surface area contributed by atoms with E-state index in [1.165, 1.54) is 20.1 Å². The van der Waals surface area contributed by atoms with Crippen molar-refractivity contribution in [2.45, 2.75) is 44.5 Å². The summed E-state index contributed by atoms with van der Waals surface area (Å²) >= 11 is 0. The number of anilines is 1. The molecule has 0 aliphatic carbocycles. The maximum Gasteiger partial charge on any atom is 0.252 e. The minimum absolute atomic E-state index is 0.0457. The maximum atomic E-state index is 13.8. The molecule has 4 heterocycles. The van der Waals surface area contributed by atoms with Gasteiger partial charge < -0.3 is 40.2 Å². The fourth-order valence-electron chi connectivity index (χ4n) is 6.39. The summed E-state index contributed by atoms with van der Waals surface area (Å²) in [5.74, 6) is -0.611. The molecule has 16 nitrogen and oxygen atoms in total. The monoisotopic (exact) mass is 754 g/mol. The van der Waals surface area contributed by atoms with Gasteiger partial charge in [-0.1, -0.05) is 47.7 Å². The van der Waals surface area contributed by atoms with Gasteiger partial charge in [-0.15, -0.1) is 5.10 Å². The summed E-state index contributed by atoms with van der Waals surface area (Å²) in [5, 5.41) is 27.5. The van der Waals surface area contributed by atoms with Gasteiger partial charge in [0.2, 0.25) is 17.7 Å². The third kappa shape index (κ3) is 10.2. The number of aromatic nitrogens is 3. The summed E-state index contributed by atoms with van der Waals surface area (Å²) in [6.07, 6.45) is 1.12. The van der Waals surface area contributed by atoms with Gasteiger partial charge in [-0.3, -0.25) is 24.1 Å². The molecule has 16 heteroatoms. The highest BCUT2D eigenvalue weighted by Crippen LogP contribution is 2.31. The van der Waals surface area contributed by atoms with Gasteiger partial charge in [-0.2, -0.15) is 0 Å². The molecule has 3 aromatic carbocycles. The Hall–Kier alpha value is -6.00. The number of para-hydroxylation sites is 2. The number of hydrogen-bond donors (Lipinski definition) is 4. The van der Waals surface area contributed by atoms with E-state index < -0.39 is 35.9 Å². The standard InChI is InChI=1S/C39H46N8O8/c1-26(48)36-39(52)40-15-17-45(25-35(49)47-19-21-54-32-11-7-6-10-31(32)47)16-14-29-24-46(44-43-29)18-20-55-33-13-12-28(23-34(33)53-2)37(50)41-30(38(51)42-36)22-27-8-4-3-5-9-27/h3-13,23-24,26,30,36,48H,14-22,25H2,1-2H3,(H,40,52)(H,41,50)(H,42,51)/t26-,30-,36+/m1/s1. The van der Waals surface area contributed by atoms with Crippen LogP contribution in [0.15, 0.2) is 79.0 Å². The van der Waals surface area contributed by atoms with E-state index in [0.29, 0.717) is 61.3 Å². The Labute approximate surface area is 318 Å². The van der Waals surface area contributed by atoms with Crippen LogP contribution >= 0.6 is 0 Å². The Balaban J connectivity index is 1.24. The van der Waals surface area contributed by atoms with Crippen LogP contribution in [0.4, 0.5) is 5.69 Å². The van der Waals surface area contributed by atoms with Gasteiger partial charge in [0.15, 0.2) is 11.5 Å². The molecule has 4 amide bonds. The van der Waals surface area contributed by atoms with Crippen LogP contribution in [0.5, 0.6) is 17.2 Å². The number of nitrogens with zero attached hydrogens (tertiary/aromatic N) is 5. The number of rotatable bonds is 6. The zero-order chi connectivity index (χ0) is 38.7. The third-order valence-corrected chi connectivity index (χ3v) is 9.36. The van der Waals surface area contributed by atoms with Crippen molar-refractivity contribution in [2.75, 3.05) is 57.9 Å². The van der Waals surface area contributed by atoms with Gasteiger partial charge in [0.25, 0.3) is 5.91 Å². The number of nitrogens with one attached hydrogen (secondary N) is 3. The summed E-state index contributed by atoms with van der Waals surface area (Å²) in [7, 11) is 1.46. The number of ether oxygens (including phenoxy) is 3. The first-order valence-electron chi connectivity index (χ1n) is 18.2. The van der Waals surface area contributed by atoms with Crippen LogP contribution in [0.2, 0.25) is 0 Å². The molecule has 0 saturated heterocycles. The van der Waals surface area contributed by atoms with E-state index in [-0.39, 0.29) is 44.1 Å². The largest absolute Gasteiger partial charge is 0.493 e. The number of aliphatic hydroxyl groups is 1. The molecule has 290 valence electrons. The smallest absolute Gasteiger partial charge is 0.252 e. The molecule has 0 saturated carbocycles. The molecule has 0 unspecified atom stereocenters. The number of carbonyl (C=O) groups excluding carboxylic acids is 4. The number of benzene rings is 3. The quantitative estimate of drug-likeness (QED) is 0.206. The molecule has 1 aromatic heterocycles. The summed E-state index contributed by atoms with van der Waals surface area (Å²) < 4.78 is 18.9. The molecule has 0 spiro atoms. The van der Waals surface area contributed by atoms with Crippen molar-refractivity contribution in [1.82, 2.24) is 35.8 Å². The highest BCUT2D eigenvalue weighted by Gasteiger charge is 2.31. The number of methoxy groups -OCH3 is 1. The average molecular weight is 755 g/mol. The van der Waals surface area contributed by atoms with E-state index in [4.69, 9.17) is 14.2 Å². The number of aliphatic hydroxyl groups excluding tert-OH is 1. The molecule has 4 aromatic rings. The van der Waals surface area contributed by atoms with Crippen molar-refractivity contribution >= 4 is 29.3 Å². The van der Waals surface area contributed by atoms with Crippen LogP contribution in [0.1, 0.15) is 28.5 Å². The Kier molecular flexibility index (Phi) is 12.9. The van der Waals surface area contributed by atoms with Gasteiger partial charge in [-0.25, -0.2) is 4.68 Å². The summed E-state index contributed by atoms with van der Waals surface area (Å²) in [6, 6.07) is 18.8. The molecule has 3 aliphatic heterocycles. The lowest BCUT2D eigenvalue weighted by molar-refractivity contribution is -0.132. The molecule has 4 N–H and O–H groups in total. The second-order valence-corrected chi connectivity index (χ2v) is 13.3. The van der Waals surface area contributed by atoms with E-state index in [1.807, 2.05) is 65.7 Å². The van der Waals surface area contributed by atoms with Gasteiger partial charge >= 0.3 is 0 Å². The third-order valence-electron chi connectivity index (χ3n) is 9.36. The fourth-order valence-corrected chi connectivity index (χ4v) is 6.39. The van der Waals surface area contributed by atoms with Gasteiger partial charge in [0, 0.05) is 44.2 Å². The first kappa shape index (κ1) is 38.7. The second-order valence-electron chi connectivity index (χ2n) is 13.3. The highest BCUT2D eigenvalue weighted by atomic mass is 16.5. The first-order valence-corrected chi connectivity index (χ1v) is 18.2. The maximum absolute atomic E-state index is 13.8. The molecule has 3 aliphatic rings. The molecule has 0 radical (unpaired) electrons. The molecule has 4 bridgehead atoms. The van der Waals surface area contributed by atoms with Crippen molar-refractivity contribution < 1.29 is 38.5 Å². The molecule has 3 atom stereocenters. The second kappa shape index (κ2) is 18.4. The lowest BCUT2D eigenvalue weighted by Gasteiger charge is -2.31. The number of carbonyl (C=O) groups is 4. The zero-order valence-electron chi connectivity index (χ0n) is 30.8. The van der Waals surface area contributed by atoms with Crippen molar-refractivity contribution in [3.8, 4) is 17.2 Å². The van der Waals surface area contributed by atoms with Crippen molar-refractivity contribution in [1.29, 1.82) is 0 Å². The van der Waals surface area contributed by atoms with E-state index in [9.17, 15) is 24.3 Å². The lowest BCUT2D eigenvalue weighted by atomic mass is 10.0. The molecule has 7 rings (SSSR count). The van der Waals surface area contributed by atoms with E-state index >= 15 is 0 Å². The topological polar surface area (TPSA) is 189 Å². The van der Waals surface area contributed by atoms with E-state index in [1.54, 1.807) is 21.7 Å². The van der Waals surface area contributed by atoms with E-state index in [2.05, 4.69) is 26.3 Å². The molecule has 55 heavy (non-hydrogen) atoms. The number of amides is 4. The fraction of sp³-hybridized carbons (Fsp3) is 0.385. The van der Waals surface area contributed by atoms with Crippen molar-refractivity contribution in [2.24, 2.45) is 0 Å². The summed E-state index contributed by atoms with van der Waals surface area (Å²) in [5.41, 5.74) is 2.39. The highest BCUT2D eigenvalue weighted by molar-refractivity contribution is 5.99. The Bertz CT molecular complexity index is 1950. The van der Waals surface area contributed by atoms with Crippen LogP contribution in [-0.4, -0.2) is 120 Å². The first-order chi connectivity index (χ1) is 26.7. The van der Waals surface area contributed by atoms with Crippen LogP contribution < -0.4 is 35.1 Å². The number of hydrogen-bond acceptors (Lipinski definition) is 11. The van der Waals surface area contributed by atoms with Crippen LogP contribution in [-0.2, 0) is 33.8 Å². The van der Waals surface area contributed by atoms with Crippen LogP contribution in [0.25, 0.3) is 0 Å². The average Bonchev–Trinajstić information content (AvgIpc) is 3.65. The summed E-state index contributed by atoms with van der Waals surface area (Å²) in [4.78, 5) is 58.2. The minimum Gasteiger partial charge on any atom is -0.493 e. The Morgan fingerprint density at radius 2 is 1.69 bits per heavy atom. The Morgan fingerprint density at radius 1 is 0.927 bits per heavy atom. The lowest BCUT2D eigenvalue weighted by Crippen LogP contribution is -2.58. The molecular formula is C39H46N8O8. The van der Waals surface area contributed by atoms with Crippen molar-refractivity contribution in [3.05, 3.63) is 95.8 Å². The SMILES string of the molecule is COc1cc2ccc1OCCn1cc(nn1)CCN(CC(=O)N1CCOc3ccccc31)CCNC(=O)[C@H]([C@@H](C)O)NC(=O)[C@@H](Cc1ccccc1)NC2=O. The molecular weight excluding hydrogens is 708 g/mol. The van der Waals surface area contributed by atoms with Crippen LogP contribution in [0, 0.1) is 0 Å². The summed E-state index contributed by atoms with van der Waals surface area (Å²) in [6.45, 7) is 3.62. The predicted molar refractivity (Wildman–Crippen MR) is 201 cm³/mol. The van der Waals surface area contributed by atoms with Gasteiger partial charge in [0.1, 0.15) is 31.0 Å². The van der Waals surface area contributed by atoms with Crippen molar-refractivity contribution in [3.63, 3.8) is 0 Å². The normalized spacial score (nSPS) is 19.5. The predicted octanol–water partition coefficient (Wildman–Crippen LogP) is 0.972. The zero-order valence-corrected chi connectivity index (χ0v) is 30.8. The number of fused-ring (bicyclic) bond motifs is 17. The van der Waals surface area contributed by atoms with Crippen LogP contribution in [0.3, 0.4) is 0 Å². The Morgan fingerprint density at radius 3 is 2.49 bits per heavy atom. The van der Waals surface area contributed by atoms with Gasteiger partial charge in [0.05, 0.1) is 44.2 Å². The minimum atomic E-state index is -1.34. The van der Waals surface area contributed by atoms with Gasteiger partial charge in [-0.05, 0) is 42.8 Å².